The van der Waals surface area contributed by atoms with Gasteiger partial charge in [0.2, 0.25) is 0 Å². The minimum absolute atomic E-state index is 0.337. The lowest BCUT2D eigenvalue weighted by atomic mass is 9.98. The van der Waals surface area contributed by atoms with E-state index in [1.807, 2.05) is 18.2 Å². The Hall–Kier alpha value is -1.31. The van der Waals surface area contributed by atoms with Crippen LogP contribution in [0.2, 0.25) is 5.02 Å². The monoisotopic (exact) mass is 273 g/mol. The zero-order chi connectivity index (χ0) is 13.7. The molecule has 100 valence electrons. The smallest absolute Gasteiger partial charge is 0.0408 e. The van der Waals surface area contributed by atoms with Gasteiger partial charge in [0.25, 0.3) is 0 Å². The number of aryl methyl sites for hydroxylation is 1. The molecule has 1 N–H and O–H groups in total. The minimum Gasteiger partial charge on any atom is -0.310 e. The van der Waals surface area contributed by atoms with Crippen LogP contribution in [0.5, 0.6) is 0 Å². The second-order valence-corrected chi connectivity index (χ2v) is 5.29. The molecule has 0 amide bonds. The molecule has 0 aliphatic rings. The molecule has 0 aliphatic carbocycles. The molecule has 1 unspecified atom stereocenters. The maximum Gasteiger partial charge on any atom is 0.0408 e. The first kappa shape index (κ1) is 14.1. The van der Waals surface area contributed by atoms with Crippen molar-refractivity contribution in [3.05, 3.63) is 70.2 Å². The lowest BCUT2D eigenvalue weighted by Crippen LogP contribution is -2.22. The number of rotatable bonds is 5. The van der Waals surface area contributed by atoms with Crippen molar-refractivity contribution >= 4 is 11.6 Å². The molecule has 0 saturated carbocycles. The van der Waals surface area contributed by atoms with Crippen LogP contribution in [0.25, 0.3) is 0 Å². The average Bonchev–Trinajstić information content (AvgIpc) is 2.39. The third-order valence-corrected chi connectivity index (χ3v) is 3.49. The fourth-order valence-electron chi connectivity index (χ4n) is 2.25. The van der Waals surface area contributed by atoms with E-state index in [4.69, 9.17) is 11.6 Å². The van der Waals surface area contributed by atoms with Crippen molar-refractivity contribution in [2.75, 3.05) is 6.54 Å². The van der Waals surface area contributed by atoms with Crippen LogP contribution in [0.4, 0.5) is 0 Å². The lowest BCUT2D eigenvalue weighted by Gasteiger charge is -2.19. The van der Waals surface area contributed by atoms with E-state index in [-0.39, 0.29) is 0 Å². The van der Waals surface area contributed by atoms with Crippen LogP contribution >= 0.6 is 11.6 Å². The normalized spacial score (nSPS) is 12.4. The maximum absolute atomic E-state index is 6.05. The van der Waals surface area contributed by atoms with Crippen molar-refractivity contribution in [1.82, 2.24) is 5.32 Å². The summed E-state index contributed by atoms with van der Waals surface area (Å²) in [6.07, 6.45) is 0.956. The molecule has 0 aliphatic heterocycles. The molecule has 2 aromatic rings. The molecule has 0 radical (unpaired) electrons. The number of likely N-dealkylation sites (N-methyl/N-ethyl adjacent to an activating group) is 1. The zero-order valence-corrected chi connectivity index (χ0v) is 12.2. The van der Waals surface area contributed by atoms with Crippen LogP contribution in [0.15, 0.2) is 48.5 Å². The molecule has 1 atom stereocenters. The quantitative estimate of drug-likeness (QED) is 0.843. The number of hydrogen-bond acceptors (Lipinski definition) is 1. The van der Waals surface area contributed by atoms with Crippen LogP contribution < -0.4 is 5.32 Å². The molecule has 0 fully saturated rings. The highest BCUT2D eigenvalue weighted by Crippen LogP contribution is 2.21. The molecule has 0 spiro atoms. The van der Waals surface area contributed by atoms with Gasteiger partial charge in [-0.2, -0.15) is 0 Å². The summed E-state index contributed by atoms with van der Waals surface area (Å²) in [7, 11) is 0. The standard InChI is InChI=1S/C17H20ClN/c1-3-19-17(15-9-7-13(2)8-10-15)12-14-5-4-6-16(18)11-14/h4-11,17,19H,3,12H2,1-2H3. The van der Waals surface area contributed by atoms with Gasteiger partial charge in [-0.15, -0.1) is 0 Å². The minimum atomic E-state index is 0.337. The predicted octanol–water partition coefficient (Wildman–Crippen LogP) is 4.54. The molecule has 0 aromatic heterocycles. The fraction of sp³-hybridized carbons (Fsp3) is 0.294. The fourth-order valence-corrected chi connectivity index (χ4v) is 2.47. The van der Waals surface area contributed by atoms with Gasteiger partial charge in [-0.3, -0.25) is 0 Å². The highest BCUT2D eigenvalue weighted by molar-refractivity contribution is 6.30. The Morgan fingerprint density at radius 1 is 1.11 bits per heavy atom. The van der Waals surface area contributed by atoms with Crippen molar-refractivity contribution in [2.24, 2.45) is 0 Å². The number of nitrogens with one attached hydrogen (secondary N) is 1. The van der Waals surface area contributed by atoms with Crippen molar-refractivity contribution < 1.29 is 0 Å². The Kier molecular flexibility index (Phi) is 5.00. The molecule has 19 heavy (non-hydrogen) atoms. The van der Waals surface area contributed by atoms with Gasteiger partial charge in [0.05, 0.1) is 0 Å². The van der Waals surface area contributed by atoms with Crippen LogP contribution in [0, 0.1) is 6.92 Å². The van der Waals surface area contributed by atoms with Crippen LogP contribution in [-0.4, -0.2) is 6.54 Å². The highest BCUT2D eigenvalue weighted by atomic mass is 35.5. The molecule has 2 rings (SSSR count). The van der Waals surface area contributed by atoms with E-state index in [9.17, 15) is 0 Å². The summed E-state index contributed by atoms with van der Waals surface area (Å²) in [5, 5.41) is 4.35. The Morgan fingerprint density at radius 2 is 1.84 bits per heavy atom. The van der Waals surface area contributed by atoms with Crippen molar-refractivity contribution in [2.45, 2.75) is 26.3 Å². The van der Waals surface area contributed by atoms with Crippen molar-refractivity contribution in [3.63, 3.8) is 0 Å². The number of hydrogen-bond donors (Lipinski definition) is 1. The molecule has 0 heterocycles. The second-order valence-electron chi connectivity index (χ2n) is 4.85. The van der Waals surface area contributed by atoms with Crippen molar-refractivity contribution in [3.8, 4) is 0 Å². The van der Waals surface area contributed by atoms with Gasteiger partial charge in [-0.05, 0) is 43.1 Å². The molecule has 0 bridgehead atoms. The summed E-state index contributed by atoms with van der Waals surface area (Å²) >= 11 is 6.05. The van der Waals surface area contributed by atoms with Gasteiger partial charge >= 0.3 is 0 Å². The van der Waals surface area contributed by atoms with E-state index in [1.54, 1.807) is 0 Å². The summed E-state index contributed by atoms with van der Waals surface area (Å²) in [4.78, 5) is 0. The lowest BCUT2D eigenvalue weighted by molar-refractivity contribution is 0.550. The zero-order valence-electron chi connectivity index (χ0n) is 11.5. The van der Waals surface area contributed by atoms with Gasteiger partial charge in [-0.25, -0.2) is 0 Å². The Bertz CT molecular complexity index is 519. The van der Waals surface area contributed by atoms with Gasteiger partial charge in [0.1, 0.15) is 0 Å². The van der Waals surface area contributed by atoms with Crippen LogP contribution in [0.1, 0.15) is 29.7 Å². The molecule has 0 saturated heterocycles. The molecular formula is C17H20ClN. The molecule has 1 nitrogen and oxygen atoms in total. The van der Waals surface area contributed by atoms with Gasteiger partial charge in [0, 0.05) is 11.1 Å². The average molecular weight is 274 g/mol. The Morgan fingerprint density at radius 3 is 2.47 bits per heavy atom. The van der Waals surface area contributed by atoms with Gasteiger partial charge < -0.3 is 5.32 Å². The molecular weight excluding hydrogens is 254 g/mol. The SMILES string of the molecule is CCNC(Cc1cccc(Cl)c1)c1ccc(C)cc1. The van der Waals surface area contributed by atoms with E-state index in [1.165, 1.54) is 16.7 Å². The molecule has 2 heteroatoms. The predicted molar refractivity (Wildman–Crippen MR) is 82.8 cm³/mol. The van der Waals surface area contributed by atoms with E-state index in [2.05, 4.69) is 49.5 Å². The third kappa shape index (κ3) is 4.09. The molecule has 2 aromatic carbocycles. The maximum atomic E-state index is 6.05. The summed E-state index contributed by atoms with van der Waals surface area (Å²) in [5.41, 5.74) is 3.88. The summed E-state index contributed by atoms with van der Waals surface area (Å²) < 4.78 is 0. The summed E-state index contributed by atoms with van der Waals surface area (Å²) in [6, 6.07) is 17.2. The van der Waals surface area contributed by atoms with Gasteiger partial charge in [0.15, 0.2) is 0 Å². The third-order valence-electron chi connectivity index (χ3n) is 3.26. The first-order valence-corrected chi connectivity index (χ1v) is 7.11. The second kappa shape index (κ2) is 6.74. The van der Waals surface area contributed by atoms with Crippen LogP contribution in [-0.2, 0) is 6.42 Å². The summed E-state index contributed by atoms with van der Waals surface area (Å²) in [5.74, 6) is 0. The highest BCUT2D eigenvalue weighted by Gasteiger charge is 2.11. The van der Waals surface area contributed by atoms with E-state index < -0.39 is 0 Å². The first-order chi connectivity index (χ1) is 9.19. The largest absolute Gasteiger partial charge is 0.310 e. The van der Waals surface area contributed by atoms with Crippen LogP contribution in [0.3, 0.4) is 0 Å². The number of benzene rings is 2. The number of halogens is 1. The van der Waals surface area contributed by atoms with Gasteiger partial charge in [-0.1, -0.05) is 60.5 Å². The van der Waals surface area contributed by atoms with E-state index in [0.717, 1.165) is 18.0 Å². The van der Waals surface area contributed by atoms with E-state index >= 15 is 0 Å². The van der Waals surface area contributed by atoms with Crippen molar-refractivity contribution in [1.29, 1.82) is 0 Å². The first-order valence-electron chi connectivity index (χ1n) is 6.73. The Labute approximate surface area is 120 Å². The van der Waals surface area contributed by atoms with E-state index in [0.29, 0.717) is 6.04 Å². The topological polar surface area (TPSA) is 12.0 Å². The summed E-state index contributed by atoms with van der Waals surface area (Å²) in [6.45, 7) is 5.21. The Balaban J connectivity index is 2.18.